The molecule has 1 aromatic carbocycles. The molecule has 0 aliphatic carbocycles. The molecule has 19 heavy (non-hydrogen) atoms. The molecule has 0 unspecified atom stereocenters. The third kappa shape index (κ3) is 2.52. The summed E-state index contributed by atoms with van der Waals surface area (Å²) >= 11 is 0. The Hall–Kier alpha value is -2.11. The number of nitro groups is 1. The monoisotopic (exact) mass is 264 g/mol. The zero-order valence-electron chi connectivity index (χ0n) is 11.1. The Morgan fingerprint density at radius 1 is 1.47 bits per heavy atom. The van der Waals surface area contributed by atoms with Crippen LogP contribution in [0.1, 0.15) is 31.0 Å². The second kappa shape index (κ2) is 4.53. The molecule has 0 spiro atoms. The highest BCUT2D eigenvalue weighted by Crippen LogP contribution is 2.37. The van der Waals surface area contributed by atoms with Crippen LogP contribution in [0.15, 0.2) is 18.2 Å². The molecule has 1 aromatic rings. The fourth-order valence-corrected chi connectivity index (χ4v) is 2.23. The maximum Gasteiger partial charge on any atom is 0.407 e. The van der Waals surface area contributed by atoms with Gasteiger partial charge in [0.25, 0.3) is 5.69 Å². The molecule has 1 heterocycles. The van der Waals surface area contributed by atoms with Crippen molar-refractivity contribution in [2.75, 3.05) is 6.61 Å². The standard InChI is InChI=1S/C13H16N2O4/c1-8-4-5-9(6-10(8)15(17)18)11-13(2,3)7-19-12(16)14-11/h4-6,11H,7H2,1-3H3,(H,14,16)/t11-/m1/s1. The lowest BCUT2D eigenvalue weighted by Gasteiger charge is -2.38. The van der Waals surface area contributed by atoms with Gasteiger partial charge < -0.3 is 10.1 Å². The second-order valence-electron chi connectivity index (χ2n) is 5.45. The molecule has 0 bridgehead atoms. The molecule has 2 rings (SSSR count). The molecular weight excluding hydrogens is 248 g/mol. The Morgan fingerprint density at radius 2 is 2.16 bits per heavy atom. The van der Waals surface area contributed by atoms with Crippen molar-refractivity contribution in [2.45, 2.75) is 26.8 Å². The summed E-state index contributed by atoms with van der Waals surface area (Å²) in [5.41, 5.74) is 1.06. The predicted molar refractivity (Wildman–Crippen MR) is 68.8 cm³/mol. The van der Waals surface area contributed by atoms with Gasteiger partial charge in [-0.2, -0.15) is 0 Å². The minimum absolute atomic E-state index is 0.0639. The average molecular weight is 264 g/mol. The number of hydrogen-bond acceptors (Lipinski definition) is 4. The topological polar surface area (TPSA) is 81.5 Å². The van der Waals surface area contributed by atoms with Gasteiger partial charge >= 0.3 is 6.09 Å². The first kappa shape index (κ1) is 13.3. The number of nitro benzene ring substituents is 1. The average Bonchev–Trinajstić information content (AvgIpc) is 2.33. The first-order valence-electron chi connectivity index (χ1n) is 5.99. The summed E-state index contributed by atoms with van der Waals surface area (Å²) in [7, 11) is 0. The van der Waals surface area contributed by atoms with Crippen LogP contribution >= 0.6 is 0 Å². The van der Waals surface area contributed by atoms with Crippen molar-refractivity contribution >= 4 is 11.8 Å². The number of nitrogens with zero attached hydrogens (tertiary/aromatic N) is 1. The van der Waals surface area contributed by atoms with E-state index in [-0.39, 0.29) is 23.8 Å². The van der Waals surface area contributed by atoms with Gasteiger partial charge in [0.15, 0.2) is 0 Å². The summed E-state index contributed by atoms with van der Waals surface area (Å²) in [6.45, 7) is 5.87. The smallest absolute Gasteiger partial charge is 0.407 e. The molecule has 1 amide bonds. The number of alkyl carbamates (subject to hydrolysis) is 1. The van der Waals surface area contributed by atoms with Crippen LogP contribution in [0.3, 0.4) is 0 Å². The van der Waals surface area contributed by atoms with Crippen LogP contribution in [0.5, 0.6) is 0 Å². The van der Waals surface area contributed by atoms with E-state index < -0.39 is 11.0 Å². The largest absolute Gasteiger partial charge is 0.449 e. The van der Waals surface area contributed by atoms with Gasteiger partial charge in [0.1, 0.15) is 6.61 Å². The van der Waals surface area contributed by atoms with Gasteiger partial charge in [-0.05, 0) is 12.5 Å². The molecule has 1 saturated heterocycles. The Bertz CT molecular complexity index is 539. The van der Waals surface area contributed by atoms with Crippen LogP contribution in [-0.2, 0) is 4.74 Å². The second-order valence-corrected chi connectivity index (χ2v) is 5.45. The number of benzene rings is 1. The molecule has 102 valence electrons. The van der Waals surface area contributed by atoms with Crippen molar-refractivity contribution in [1.82, 2.24) is 5.32 Å². The van der Waals surface area contributed by atoms with Gasteiger partial charge in [-0.3, -0.25) is 10.1 Å². The molecule has 1 atom stereocenters. The number of carbonyl (C=O) groups is 1. The maximum absolute atomic E-state index is 11.4. The minimum Gasteiger partial charge on any atom is -0.449 e. The van der Waals surface area contributed by atoms with Gasteiger partial charge in [-0.25, -0.2) is 4.79 Å². The third-order valence-electron chi connectivity index (χ3n) is 3.38. The van der Waals surface area contributed by atoms with E-state index >= 15 is 0 Å². The highest BCUT2D eigenvalue weighted by Gasteiger charge is 2.38. The van der Waals surface area contributed by atoms with Gasteiger partial charge in [-0.1, -0.05) is 26.0 Å². The predicted octanol–water partition coefficient (Wildman–Crippen LogP) is 2.71. The number of ether oxygens (including phenoxy) is 1. The van der Waals surface area contributed by atoms with Gasteiger partial charge in [-0.15, -0.1) is 0 Å². The van der Waals surface area contributed by atoms with Gasteiger partial charge in [0.2, 0.25) is 0 Å². The normalized spacial score (nSPS) is 21.4. The summed E-state index contributed by atoms with van der Waals surface area (Å²) in [5.74, 6) is 0. The summed E-state index contributed by atoms with van der Waals surface area (Å²) in [6.07, 6.45) is -0.493. The first-order chi connectivity index (χ1) is 8.81. The Balaban J connectivity index is 2.42. The van der Waals surface area contributed by atoms with Crippen LogP contribution in [0.2, 0.25) is 0 Å². The summed E-state index contributed by atoms with van der Waals surface area (Å²) in [4.78, 5) is 21.9. The maximum atomic E-state index is 11.4. The van der Waals surface area contributed by atoms with E-state index in [0.29, 0.717) is 5.56 Å². The third-order valence-corrected chi connectivity index (χ3v) is 3.38. The van der Waals surface area contributed by atoms with E-state index in [1.165, 1.54) is 6.07 Å². The van der Waals surface area contributed by atoms with E-state index in [1.807, 2.05) is 13.8 Å². The summed E-state index contributed by atoms with van der Waals surface area (Å²) in [5, 5.41) is 13.7. The molecule has 6 heteroatoms. The SMILES string of the molecule is Cc1ccc([C@H]2NC(=O)OCC2(C)C)cc1[N+](=O)[O-]. The van der Waals surface area contributed by atoms with Crippen LogP contribution in [-0.4, -0.2) is 17.6 Å². The Labute approximate surface area is 110 Å². The van der Waals surface area contributed by atoms with Crippen molar-refractivity contribution in [3.05, 3.63) is 39.4 Å². The van der Waals surface area contributed by atoms with E-state index in [9.17, 15) is 14.9 Å². The number of nitrogens with one attached hydrogen (secondary N) is 1. The number of carbonyl (C=O) groups excluding carboxylic acids is 1. The summed E-state index contributed by atoms with van der Waals surface area (Å²) < 4.78 is 4.96. The van der Waals surface area contributed by atoms with E-state index in [4.69, 9.17) is 4.74 Å². The molecule has 0 radical (unpaired) electrons. The highest BCUT2D eigenvalue weighted by molar-refractivity contribution is 5.69. The van der Waals surface area contributed by atoms with Crippen LogP contribution in [0.4, 0.5) is 10.5 Å². The number of cyclic esters (lactones) is 1. The fourth-order valence-electron chi connectivity index (χ4n) is 2.23. The molecule has 0 saturated carbocycles. The Kier molecular flexibility index (Phi) is 3.18. The molecule has 6 nitrogen and oxygen atoms in total. The van der Waals surface area contributed by atoms with Crippen LogP contribution in [0, 0.1) is 22.5 Å². The van der Waals surface area contributed by atoms with E-state index in [1.54, 1.807) is 19.1 Å². The number of aryl methyl sites for hydroxylation is 1. The molecule has 1 N–H and O–H groups in total. The highest BCUT2D eigenvalue weighted by atomic mass is 16.6. The van der Waals surface area contributed by atoms with E-state index in [2.05, 4.69) is 5.32 Å². The lowest BCUT2D eigenvalue weighted by molar-refractivity contribution is -0.385. The molecule has 1 aliphatic heterocycles. The lowest BCUT2D eigenvalue weighted by Crippen LogP contribution is -2.46. The van der Waals surface area contributed by atoms with Crippen LogP contribution in [0.25, 0.3) is 0 Å². The number of rotatable bonds is 2. The number of amides is 1. The van der Waals surface area contributed by atoms with Gasteiger partial charge in [0, 0.05) is 17.0 Å². The van der Waals surface area contributed by atoms with E-state index in [0.717, 1.165) is 5.56 Å². The lowest BCUT2D eigenvalue weighted by atomic mass is 9.80. The quantitative estimate of drug-likeness (QED) is 0.657. The van der Waals surface area contributed by atoms with Crippen molar-refractivity contribution in [3.63, 3.8) is 0 Å². The van der Waals surface area contributed by atoms with Crippen molar-refractivity contribution in [1.29, 1.82) is 0 Å². The summed E-state index contributed by atoms with van der Waals surface area (Å²) in [6, 6.07) is 4.73. The fraction of sp³-hybridized carbons (Fsp3) is 0.462. The van der Waals surface area contributed by atoms with Crippen molar-refractivity contribution in [2.24, 2.45) is 5.41 Å². The van der Waals surface area contributed by atoms with Crippen LogP contribution < -0.4 is 5.32 Å². The zero-order valence-corrected chi connectivity index (χ0v) is 11.1. The minimum atomic E-state index is -0.493. The molecule has 1 aliphatic rings. The van der Waals surface area contributed by atoms with Crippen molar-refractivity contribution < 1.29 is 14.5 Å². The molecular formula is C13H16N2O4. The molecule has 1 fully saturated rings. The van der Waals surface area contributed by atoms with Gasteiger partial charge in [0.05, 0.1) is 11.0 Å². The molecule has 0 aromatic heterocycles. The van der Waals surface area contributed by atoms with Crippen molar-refractivity contribution in [3.8, 4) is 0 Å². The first-order valence-corrected chi connectivity index (χ1v) is 5.99. The number of hydrogen-bond donors (Lipinski definition) is 1. The Morgan fingerprint density at radius 3 is 2.79 bits per heavy atom. The zero-order chi connectivity index (χ0) is 14.2.